The largest absolute Gasteiger partial charge is 0.381 e. The molecule has 0 saturated carbocycles. The number of likely N-dealkylation sites (tertiary alicyclic amines) is 1. The van der Waals surface area contributed by atoms with Gasteiger partial charge in [0.2, 0.25) is 0 Å². The van der Waals surface area contributed by atoms with Gasteiger partial charge in [0.25, 0.3) is 0 Å². The van der Waals surface area contributed by atoms with Gasteiger partial charge in [0.1, 0.15) is 0 Å². The predicted molar refractivity (Wildman–Crippen MR) is 138 cm³/mol. The number of H-pyrrole nitrogens is 1. The molecule has 3 aromatic rings. The Hall–Kier alpha value is -2.77. The van der Waals surface area contributed by atoms with Gasteiger partial charge < -0.3 is 26.3 Å². The van der Waals surface area contributed by atoms with Crippen LogP contribution in [0.1, 0.15) is 68.1 Å². The summed E-state index contributed by atoms with van der Waals surface area (Å²) in [5, 5.41) is 5.14. The highest BCUT2D eigenvalue weighted by molar-refractivity contribution is 5.92. The number of benzene rings is 1. The maximum absolute atomic E-state index is 6.20. The summed E-state index contributed by atoms with van der Waals surface area (Å²) in [7, 11) is 0. The second-order valence-corrected chi connectivity index (χ2v) is 10.3. The van der Waals surface area contributed by atoms with Gasteiger partial charge in [0.05, 0.1) is 5.69 Å². The number of hydrogen-bond donors (Lipinski definition) is 3. The van der Waals surface area contributed by atoms with E-state index < -0.39 is 0 Å². The Labute approximate surface area is 201 Å². The molecule has 0 aliphatic carbocycles. The van der Waals surface area contributed by atoms with Crippen LogP contribution in [-0.4, -0.2) is 46.9 Å². The first-order chi connectivity index (χ1) is 16.5. The van der Waals surface area contributed by atoms with Crippen molar-refractivity contribution < 1.29 is 4.74 Å². The van der Waals surface area contributed by atoms with Crippen LogP contribution in [-0.2, 0) is 4.74 Å². The van der Waals surface area contributed by atoms with Crippen molar-refractivity contribution in [3.63, 3.8) is 0 Å². The molecule has 0 bridgehead atoms. The lowest BCUT2D eigenvalue weighted by Gasteiger charge is -2.39. The van der Waals surface area contributed by atoms with Gasteiger partial charge in [-0.3, -0.25) is 4.68 Å². The molecule has 5 N–H and O–H groups in total. The number of nitrogens with one attached hydrogen (secondary N) is 1. The van der Waals surface area contributed by atoms with Gasteiger partial charge >= 0.3 is 0 Å². The maximum Gasteiger partial charge on any atom is 0.173 e. The predicted octanol–water partition coefficient (Wildman–Crippen LogP) is 3.91. The van der Waals surface area contributed by atoms with E-state index >= 15 is 0 Å². The van der Waals surface area contributed by atoms with E-state index in [0.717, 1.165) is 30.0 Å². The van der Waals surface area contributed by atoms with Crippen LogP contribution in [0.3, 0.4) is 0 Å². The standard InChI is InChI=1S/C27H38N6O/c1-17(2)25-23-15-20(19-6-10-32(11-7-19)22-8-12-34-13-9-22)4-5-24(23)30-26(25)21-14-18(3)27(31-28)33(29)16-21/h4-5,14-17,19,22,30H,6-13,28-29H2,1-3H3/b31-27-. The van der Waals surface area contributed by atoms with Crippen molar-refractivity contribution in [3.05, 3.63) is 52.6 Å². The first kappa shape index (κ1) is 23.0. The van der Waals surface area contributed by atoms with Gasteiger partial charge in [-0.15, -0.1) is 0 Å². The highest BCUT2D eigenvalue weighted by Gasteiger charge is 2.27. The lowest BCUT2D eigenvalue weighted by atomic mass is 9.86. The topological polar surface area (TPSA) is 97.6 Å². The number of aryl methyl sites for hydroxylation is 1. The molecule has 7 nitrogen and oxygen atoms in total. The number of nitrogens with two attached hydrogens (primary N) is 2. The molecule has 0 amide bonds. The minimum absolute atomic E-state index is 0.375. The molecule has 5 rings (SSSR count). The molecule has 0 unspecified atom stereocenters. The minimum Gasteiger partial charge on any atom is -0.381 e. The fourth-order valence-electron chi connectivity index (χ4n) is 6.01. The van der Waals surface area contributed by atoms with E-state index in [1.165, 1.54) is 65.5 Å². The number of nitrogen functional groups attached to an aromatic ring is 1. The fraction of sp³-hybridized carbons (Fsp3) is 0.519. The summed E-state index contributed by atoms with van der Waals surface area (Å²) < 4.78 is 7.07. The number of aromatic nitrogens is 2. The molecule has 2 aliphatic heterocycles. The Bertz CT molecular complexity index is 1200. The van der Waals surface area contributed by atoms with Crippen LogP contribution in [0.2, 0.25) is 0 Å². The summed E-state index contributed by atoms with van der Waals surface area (Å²) in [4.78, 5) is 6.38. The molecule has 0 atom stereocenters. The van der Waals surface area contributed by atoms with Crippen LogP contribution < -0.4 is 17.2 Å². The number of rotatable bonds is 4. The van der Waals surface area contributed by atoms with Crippen molar-refractivity contribution in [1.82, 2.24) is 14.6 Å². The molecule has 1 aromatic carbocycles. The van der Waals surface area contributed by atoms with Gasteiger partial charge in [0, 0.05) is 41.9 Å². The first-order valence-corrected chi connectivity index (χ1v) is 12.7. The van der Waals surface area contributed by atoms with Crippen LogP contribution in [0.25, 0.3) is 22.2 Å². The van der Waals surface area contributed by atoms with Crippen molar-refractivity contribution in [2.24, 2.45) is 10.9 Å². The molecule has 2 aromatic heterocycles. The summed E-state index contributed by atoms with van der Waals surface area (Å²) >= 11 is 0. The summed E-state index contributed by atoms with van der Waals surface area (Å²) in [6.45, 7) is 10.7. The normalized spacial score (nSPS) is 19.5. The third-order valence-corrected chi connectivity index (χ3v) is 7.81. The number of pyridine rings is 1. The fourth-order valence-corrected chi connectivity index (χ4v) is 6.01. The van der Waals surface area contributed by atoms with Gasteiger partial charge in [-0.05, 0) is 92.4 Å². The van der Waals surface area contributed by atoms with Gasteiger partial charge in [0.15, 0.2) is 5.49 Å². The average molecular weight is 463 g/mol. The minimum atomic E-state index is 0.375. The lowest BCUT2D eigenvalue weighted by Crippen LogP contribution is -2.43. The van der Waals surface area contributed by atoms with E-state index in [9.17, 15) is 0 Å². The summed E-state index contributed by atoms with van der Waals surface area (Å²) in [6.07, 6.45) is 6.73. The number of aromatic amines is 1. The molecular formula is C27H38N6O. The molecule has 34 heavy (non-hydrogen) atoms. The van der Waals surface area contributed by atoms with Crippen molar-refractivity contribution in [3.8, 4) is 11.3 Å². The van der Waals surface area contributed by atoms with E-state index in [4.69, 9.17) is 16.4 Å². The molecule has 7 heteroatoms. The number of fused-ring (bicyclic) bond motifs is 1. The third-order valence-electron chi connectivity index (χ3n) is 7.81. The highest BCUT2D eigenvalue weighted by Crippen LogP contribution is 2.38. The average Bonchev–Trinajstić information content (AvgIpc) is 3.24. The molecule has 2 aliphatic rings. The zero-order valence-electron chi connectivity index (χ0n) is 20.7. The molecule has 2 saturated heterocycles. The molecule has 0 spiro atoms. The SMILES string of the molecule is Cc1cc(-c2[nH]c3ccc(C4CCN(C5CCOCC5)CC4)cc3c2C(C)C)cn(N)/c1=N\N. The third kappa shape index (κ3) is 4.23. The van der Waals surface area contributed by atoms with Crippen molar-refractivity contribution >= 4 is 10.9 Å². The zero-order valence-corrected chi connectivity index (χ0v) is 20.7. The van der Waals surface area contributed by atoms with E-state index in [1.54, 1.807) is 0 Å². The second kappa shape index (κ2) is 9.47. The van der Waals surface area contributed by atoms with Crippen molar-refractivity contribution in [2.75, 3.05) is 32.1 Å². The summed E-state index contributed by atoms with van der Waals surface area (Å²) in [6, 6.07) is 9.85. The lowest BCUT2D eigenvalue weighted by molar-refractivity contribution is 0.0252. The Morgan fingerprint density at radius 3 is 2.47 bits per heavy atom. The van der Waals surface area contributed by atoms with E-state index in [0.29, 0.717) is 23.4 Å². The van der Waals surface area contributed by atoms with Gasteiger partial charge in [-0.2, -0.15) is 5.10 Å². The Morgan fingerprint density at radius 2 is 1.82 bits per heavy atom. The van der Waals surface area contributed by atoms with E-state index in [2.05, 4.69) is 53.1 Å². The number of nitrogens with zero attached hydrogens (tertiary/aromatic N) is 3. The molecule has 182 valence electrons. The smallest absolute Gasteiger partial charge is 0.173 e. The molecule has 0 radical (unpaired) electrons. The van der Waals surface area contributed by atoms with Crippen LogP contribution in [0.4, 0.5) is 0 Å². The molecular weight excluding hydrogens is 424 g/mol. The van der Waals surface area contributed by atoms with Crippen molar-refractivity contribution in [1.29, 1.82) is 0 Å². The molecule has 4 heterocycles. The van der Waals surface area contributed by atoms with Crippen LogP contribution >= 0.6 is 0 Å². The Balaban J connectivity index is 1.45. The second-order valence-electron chi connectivity index (χ2n) is 10.3. The van der Waals surface area contributed by atoms with Crippen LogP contribution in [0.5, 0.6) is 0 Å². The van der Waals surface area contributed by atoms with Crippen molar-refractivity contribution in [2.45, 2.75) is 64.3 Å². The van der Waals surface area contributed by atoms with E-state index in [1.807, 2.05) is 13.1 Å². The van der Waals surface area contributed by atoms with Crippen LogP contribution in [0.15, 0.2) is 35.6 Å². The van der Waals surface area contributed by atoms with E-state index in [-0.39, 0.29) is 0 Å². The highest BCUT2D eigenvalue weighted by atomic mass is 16.5. The van der Waals surface area contributed by atoms with Gasteiger partial charge in [-0.25, -0.2) is 0 Å². The maximum atomic E-state index is 6.20. The van der Waals surface area contributed by atoms with Crippen LogP contribution in [0, 0.1) is 6.92 Å². The monoisotopic (exact) mass is 462 g/mol. The summed E-state index contributed by atoms with van der Waals surface area (Å²) in [5.74, 6) is 12.7. The number of ether oxygens (including phenoxy) is 1. The molecule has 2 fully saturated rings. The zero-order chi connectivity index (χ0) is 23.8. The Kier molecular flexibility index (Phi) is 6.40. The number of hydrogen-bond acceptors (Lipinski definition) is 5. The summed E-state index contributed by atoms with van der Waals surface area (Å²) in [5.41, 5.74) is 7.70. The first-order valence-electron chi connectivity index (χ1n) is 12.7. The van der Waals surface area contributed by atoms with Gasteiger partial charge in [-0.1, -0.05) is 19.9 Å². The Morgan fingerprint density at radius 1 is 1.09 bits per heavy atom. The number of piperidine rings is 1. The quantitative estimate of drug-likeness (QED) is 0.404.